The van der Waals surface area contributed by atoms with Crippen LogP contribution in [0.1, 0.15) is 59.8 Å². The molecule has 4 atom stereocenters. The molecule has 0 spiro atoms. The van der Waals surface area contributed by atoms with Crippen LogP contribution >= 0.6 is 0 Å². The van der Waals surface area contributed by atoms with E-state index in [9.17, 15) is 9.90 Å². The molecule has 2 nitrogen and oxygen atoms in total. The Bertz CT molecular complexity index is 321. The fourth-order valence-corrected chi connectivity index (χ4v) is 4.80. The van der Waals surface area contributed by atoms with Gasteiger partial charge in [0, 0.05) is 0 Å². The highest BCUT2D eigenvalue weighted by Crippen LogP contribution is 2.59. The average molecular weight is 238 g/mol. The Labute approximate surface area is 105 Å². The number of carboxylic acid groups (broad SMARTS) is 1. The summed E-state index contributed by atoms with van der Waals surface area (Å²) < 4.78 is 0. The number of hydrogen-bond donors (Lipinski definition) is 1. The lowest BCUT2D eigenvalue weighted by Gasteiger charge is -2.56. The molecule has 2 saturated carbocycles. The van der Waals surface area contributed by atoms with Crippen LogP contribution in [0.25, 0.3) is 0 Å². The van der Waals surface area contributed by atoms with Crippen LogP contribution in [0.4, 0.5) is 0 Å². The molecule has 1 N–H and O–H groups in total. The molecule has 0 amide bonds. The van der Waals surface area contributed by atoms with Gasteiger partial charge >= 0.3 is 5.97 Å². The Balaban J connectivity index is 2.27. The second kappa shape index (κ2) is 4.00. The average Bonchev–Trinajstić information content (AvgIpc) is 2.14. The molecule has 0 aromatic heterocycles. The minimum absolute atomic E-state index is 0.120. The van der Waals surface area contributed by atoms with Crippen LogP contribution in [0.3, 0.4) is 0 Å². The maximum absolute atomic E-state index is 11.4. The molecule has 0 aromatic rings. The second-order valence-electron chi connectivity index (χ2n) is 7.41. The van der Waals surface area contributed by atoms with Gasteiger partial charge in [0.2, 0.25) is 0 Å². The smallest absolute Gasteiger partial charge is 0.306 e. The Hall–Kier alpha value is -0.530. The molecule has 2 heteroatoms. The van der Waals surface area contributed by atoms with Gasteiger partial charge in [-0.2, -0.15) is 0 Å². The molecule has 17 heavy (non-hydrogen) atoms. The van der Waals surface area contributed by atoms with Crippen LogP contribution < -0.4 is 0 Å². The van der Waals surface area contributed by atoms with Crippen molar-refractivity contribution in [2.45, 2.75) is 59.8 Å². The SMILES string of the molecule is CC1CC2(C)CCCC(C)(C)C2CC1C(=O)O. The summed E-state index contributed by atoms with van der Waals surface area (Å²) in [6.07, 6.45) is 5.84. The molecular weight excluding hydrogens is 212 g/mol. The lowest BCUT2D eigenvalue weighted by Crippen LogP contribution is -2.49. The quantitative estimate of drug-likeness (QED) is 0.751. The summed E-state index contributed by atoms with van der Waals surface area (Å²) >= 11 is 0. The van der Waals surface area contributed by atoms with E-state index < -0.39 is 5.97 Å². The summed E-state index contributed by atoms with van der Waals surface area (Å²) in [5.74, 6) is 0.218. The van der Waals surface area contributed by atoms with Gasteiger partial charge in [0.1, 0.15) is 0 Å². The molecule has 0 bridgehead atoms. The number of fused-ring (bicyclic) bond motifs is 1. The van der Waals surface area contributed by atoms with Crippen molar-refractivity contribution in [3.63, 3.8) is 0 Å². The van der Waals surface area contributed by atoms with Crippen LogP contribution in [0.15, 0.2) is 0 Å². The largest absolute Gasteiger partial charge is 0.481 e. The van der Waals surface area contributed by atoms with Gasteiger partial charge < -0.3 is 5.11 Å². The van der Waals surface area contributed by atoms with Crippen LogP contribution in [0.2, 0.25) is 0 Å². The second-order valence-corrected chi connectivity index (χ2v) is 7.41. The third kappa shape index (κ3) is 2.11. The molecule has 0 radical (unpaired) electrons. The zero-order chi connectivity index (χ0) is 12.8. The number of carbonyl (C=O) groups is 1. The van der Waals surface area contributed by atoms with Crippen molar-refractivity contribution in [3.8, 4) is 0 Å². The van der Waals surface area contributed by atoms with E-state index in [4.69, 9.17) is 0 Å². The van der Waals surface area contributed by atoms with Gasteiger partial charge in [-0.25, -0.2) is 0 Å². The Morgan fingerprint density at radius 2 is 1.88 bits per heavy atom. The molecule has 4 unspecified atom stereocenters. The van der Waals surface area contributed by atoms with Gasteiger partial charge in [0.25, 0.3) is 0 Å². The van der Waals surface area contributed by atoms with E-state index in [2.05, 4.69) is 27.7 Å². The first kappa shape index (κ1) is 12.9. The highest BCUT2D eigenvalue weighted by Gasteiger charge is 2.52. The molecule has 0 heterocycles. The maximum atomic E-state index is 11.4. The summed E-state index contributed by atoms with van der Waals surface area (Å²) in [6.45, 7) is 9.20. The summed E-state index contributed by atoms with van der Waals surface area (Å²) in [5, 5.41) is 9.35. The molecule has 0 saturated heterocycles. The molecule has 2 aliphatic rings. The van der Waals surface area contributed by atoms with E-state index in [0.29, 0.717) is 22.7 Å². The summed E-state index contributed by atoms with van der Waals surface area (Å²) in [4.78, 5) is 11.4. The van der Waals surface area contributed by atoms with E-state index in [-0.39, 0.29) is 5.92 Å². The maximum Gasteiger partial charge on any atom is 0.306 e. The van der Waals surface area contributed by atoms with Crippen molar-refractivity contribution in [3.05, 3.63) is 0 Å². The number of carboxylic acids is 1. The van der Waals surface area contributed by atoms with Crippen LogP contribution in [0.5, 0.6) is 0 Å². The molecule has 0 aromatic carbocycles. The minimum Gasteiger partial charge on any atom is -0.481 e. The molecule has 2 fully saturated rings. The molecule has 2 aliphatic carbocycles. The molecule has 2 rings (SSSR count). The minimum atomic E-state index is -0.582. The normalized spacial score (nSPS) is 45.1. The van der Waals surface area contributed by atoms with Crippen molar-refractivity contribution in [1.29, 1.82) is 0 Å². The zero-order valence-electron chi connectivity index (χ0n) is 11.6. The first-order chi connectivity index (χ1) is 7.76. The van der Waals surface area contributed by atoms with E-state index in [0.717, 1.165) is 12.8 Å². The van der Waals surface area contributed by atoms with E-state index in [1.807, 2.05) is 0 Å². The fourth-order valence-electron chi connectivity index (χ4n) is 4.80. The highest BCUT2D eigenvalue weighted by molar-refractivity contribution is 5.70. The molecular formula is C15H26O2. The van der Waals surface area contributed by atoms with Crippen molar-refractivity contribution in [2.75, 3.05) is 0 Å². The van der Waals surface area contributed by atoms with Crippen molar-refractivity contribution in [1.82, 2.24) is 0 Å². The van der Waals surface area contributed by atoms with Crippen LogP contribution in [0, 0.1) is 28.6 Å². The van der Waals surface area contributed by atoms with Crippen LogP contribution in [-0.4, -0.2) is 11.1 Å². The topological polar surface area (TPSA) is 37.3 Å². The molecule has 0 aliphatic heterocycles. The highest BCUT2D eigenvalue weighted by atomic mass is 16.4. The molecule has 98 valence electrons. The lowest BCUT2D eigenvalue weighted by molar-refractivity contribution is -0.152. The Morgan fingerprint density at radius 1 is 1.24 bits per heavy atom. The van der Waals surface area contributed by atoms with Gasteiger partial charge in [0.15, 0.2) is 0 Å². The van der Waals surface area contributed by atoms with Crippen molar-refractivity contribution < 1.29 is 9.90 Å². The van der Waals surface area contributed by atoms with Gasteiger partial charge in [0.05, 0.1) is 5.92 Å². The summed E-state index contributed by atoms with van der Waals surface area (Å²) in [7, 11) is 0. The summed E-state index contributed by atoms with van der Waals surface area (Å²) in [5.41, 5.74) is 0.702. The van der Waals surface area contributed by atoms with E-state index >= 15 is 0 Å². The first-order valence-corrected chi connectivity index (χ1v) is 6.99. The lowest BCUT2D eigenvalue weighted by atomic mass is 9.48. The van der Waals surface area contributed by atoms with Gasteiger partial charge in [-0.1, -0.05) is 34.1 Å². The summed E-state index contributed by atoms with van der Waals surface area (Å²) in [6, 6.07) is 0. The Morgan fingerprint density at radius 3 is 2.47 bits per heavy atom. The first-order valence-electron chi connectivity index (χ1n) is 6.99. The monoisotopic (exact) mass is 238 g/mol. The predicted octanol–water partition coefficient (Wildman–Crippen LogP) is 3.95. The van der Waals surface area contributed by atoms with Crippen molar-refractivity contribution in [2.24, 2.45) is 28.6 Å². The fraction of sp³-hybridized carbons (Fsp3) is 0.933. The standard InChI is InChI=1S/C15H26O2/c1-10-9-15(4)7-5-6-14(2,3)12(15)8-11(10)13(16)17/h10-12H,5-9H2,1-4H3,(H,16,17). The third-order valence-corrected chi connectivity index (χ3v) is 5.64. The van der Waals surface area contributed by atoms with E-state index in [1.54, 1.807) is 0 Å². The van der Waals surface area contributed by atoms with Gasteiger partial charge in [-0.15, -0.1) is 0 Å². The van der Waals surface area contributed by atoms with Gasteiger partial charge in [-0.3, -0.25) is 4.79 Å². The van der Waals surface area contributed by atoms with Crippen LogP contribution in [-0.2, 0) is 4.79 Å². The Kier molecular flexibility index (Phi) is 3.04. The number of aliphatic carboxylic acids is 1. The van der Waals surface area contributed by atoms with Crippen molar-refractivity contribution >= 4 is 5.97 Å². The number of hydrogen-bond acceptors (Lipinski definition) is 1. The third-order valence-electron chi connectivity index (χ3n) is 5.64. The van der Waals surface area contributed by atoms with E-state index in [1.165, 1.54) is 19.3 Å². The van der Waals surface area contributed by atoms with Gasteiger partial charge in [-0.05, 0) is 48.3 Å². The zero-order valence-corrected chi connectivity index (χ0v) is 11.6. The number of rotatable bonds is 1. The predicted molar refractivity (Wildman–Crippen MR) is 68.8 cm³/mol.